The third-order valence-corrected chi connectivity index (χ3v) is 3.19. The highest BCUT2D eigenvalue weighted by molar-refractivity contribution is 7.97. The van der Waals surface area contributed by atoms with E-state index in [1.54, 1.807) is 11.8 Å². The Hall–Kier alpha value is -1.54. The average molecular weight is 242 g/mol. The Morgan fingerprint density at radius 2 is 1.53 bits per heavy atom. The van der Waals surface area contributed by atoms with E-state index in [-0.39, 0.29) is 5.78 Å². The van der Waals surface area contributed by atoms with Gasteiger partial charge in [0.25, 0.3) is 0 Å². The minimum atomic E-state index is 0.0845. The Morgan fingerprint density at radius 3 is 2.12 bits per heavy atom. The molecule has 0 bridgehead atoms. The summed E-state index contributed by atoms with van der Waals surface area (Å²) in [5.41, 5.74) is 2.74. The van der Waals surface area contributed by atoms with Gasteiger partial charge in [-0.05, 0) is 11.8 Å². The van der Waals surface area contributed by atoms with Crippen molar-refractivity contribution in [2.24, 2.45) is 0 Å². The molecule has 0 fully saturated rings. The van der Waals surface area contributed by atoms with Crippen LogP contribution in [-0.4, -0.2) is 12.0 Å². The van der Waals surface area contributed by atoms with Gasteiger partial charge >= 0.3 is 0 Å². The van der Waals surface area contributed by atoms with Crippen LogP contribution in [0.2, 0.25) is 0 Å². The number of hydrogen-bond acceptors (Lipinski definition) is 2. The maximum atomic E-state index is 12.1. The van der Waals surface area contributed by atoms with Gasteiger partial charge in [0.1, 0.15) is 0 Å². The molecule has 0 aliphatic heterocycles. The minimum absolute atomic E-state index is 0.0845. The van der Waals surface area contributed by atoms with Gasteiger partial charge in [-0.15, -0.1) is 0 Å². The van der Waals surface area contributed by atoms with Crippen LogP contribution in [0.3, 0.4) is 0 Å². The molecule has 2 heteroatoms. The lowest BCUT2D eigenvalue weighted by Gasteiger charge is -2.02. The van der Waals surface area contributed by atoms with E-state index in [0.29, 0.717) is 0 Å². The first-order valence-corrected chi connectivity index (χ1v) is 6.88. The zero-order valence-electron chi connectivity index (χ0n) is 9.72. The monoisotopic (exact) mass is 242 g/mol. The smallest absolute Gasteiger partial charge is 0.193 e. The van der Waals surface area contributed by atoms with Crippen LogP contribution in [0, 0.1) is 0 Å². The van der Waals surface area contributed by atoms with Crippen LogP contribution in [-0.2, 0) is 5.75 Å². The second kappa shape index (κ2) is 5.69. The number of ketones is 1. The Labute approximate surface area is 106 Å². The van der Waals surface area contributed by atoms with Gasteiger partial charge in [0.05, 0.1) is 0 Å². The Kier molecular flexibility index (Phi) is 3.99. The van der Waals surface area contributed by atoms with E-state index < -0.39 is 0 Å². The number of rotatable bonds is 4. The van der Waals surface area contributed by atoms with E-state index in [9.17, 15) is 4.79 Å². The fourth-order valence-electron chi connectivity index (χ4n) is 1.68. The third kappa shape index (κ3) is 2.98. The normalized spacial score (nSPS) is 10.2. The quantitative estimate of drug-likeness (QED) is 0.759. The molecular formula is C15H14OS. The van der Waals surface area contributed by atoms with Crippen molar-refractivity contribution in [3.05, 3.63) is 71.3 Å². The second-order valence-electron chi connectivity index (χ2n) is 3.83. The molecule has 0 saturated heterocycles. The molecule has 0 aliphatic carbocycles. The average Bonchev–Trinajstić information content (AvgIpc) is 2.40. The molecule has 0 saturated carbocycles. The third-order valence-electron chi connectivity index (χ3n) is 2.56. The summed E-state index contributed by atoms with van der Waals surface area (Å²) in [6, 6.07) is 17.2. The van der Waals surface area contributed by atoms with Gasteiger partial charge in [-0.3, -0.25) is 4.79 Å². The molecule has 0 N–H and O–H groups in total. The standard InChI is InChI=1S/C15H14OS/c1-17-11-12-7-9-14(10-8-12)15(16)13-5-3-2-4-6-13/h2-10H,11H2,1H3. The van der Waals surface area contributed by atoms with Gasteiger partial charge in [0.2, 0.25) is 0 Å². The first-order chi connectivity index (χ1) is 8.31. The fraction of sp³-hybridized carbons (Fsp3) is 0.133. The molecule has 86 valence electrons. The van der Waals surface area contributed by atoms with Crippen LogP contribution in [0.25, 0.3) is 0 Å². The van der Waals surface area contributed by atoms with E-state index in [0.717, 1.165) is 16.9 Å². The second-order valence-corrected chi connectivity index (χ2v) is 4.69. The lowest BCUT2D eigenvalue weighted by atomic mass is 10.0. The highest BCUT2D eigenvalue weighted by Crippen LogP contribution is 2.13. The molecule has 0 unspecified atom stereocenters. The fourth-order valence-corrected chi connectivity index (χ4v) is 2.20. The van der Waals surface area contributed by atoms with E-state index in [1.165, 1.54) is 5.56 Å². The van der Waals surface area contributed by atoms with Crippen molar-refractivity contribution in [2.45, 2.75) is 5.75 Å². The largest absolute Gasteiger partial charge is 0.289 e. The topological polar surface area (TPSA) is 17.1 Å². The predicted octanol–water partition coefficient (Wildman–Crippen LogP) is 3.78. The number of benzene rings is 2. The Morgan fingerprint density at radius 1 is 0.941 bits per heavy atom. The van der Waals surface area contributed by atoms with Crippen molar-refractivity contribution < 1.29 is 4.79 Å². The maximum Gasteiger partial charge on any atom is 0.193 e. The van der Waals surface area contributed by atoms with E-state index in [2.05, 4.69) is 6.26 Å². The summed E-state index contributed by atoms with van der Waals surface area (Å²) in [6.07, 6.45) is 2.07. The highest BCUT2D eigenvalue weighted by Gasteiger charge is 2.07. The van der Waals surface area contributed by atoms with Gasteiger partial charge in [-0.2, -0.15) is 11.8 Å². The molecular weight excluding hydrogens is 228 g/mol. The van der Waals surface area contributed by atoms with E-state index in [1.807, 2.05) is 54.6 Å². The van der Waals surface area contributed by atoms with Gasteiger partial charge in [0.15, 0.2) is 5.78 Å². The van der Waals surface area contributed by atoms with Crippen LogP contribution < -0.4 is 0 Å². The number of carbonyl (C=O) groups excluding carboxylic acids is 1. The van der Waals surface area contributed by atoms with Crippen molar-refractivity contribution >= 4 is 17.5 Å². The zero-order valence-corrected chi connectivity index (χ0v) is 10.5. The first-order valence-electron chi connectivity index (χ1n) is 5.49. The summed E-state index contributed by atoms with van der Waals surface area (Å²) in [6.45, 7) is 0. The first kappa shape index (κ1) is 11.9. The minimum Gasteiger partial charge on any atom is -0.289 e. The molecule has 2 aromatic carbocycles. The molecule has 0 aromatic heterocycles. The van der Waals surface area contributed by atoms with Crippen molar-refractivity contribution in [3.8, 4) is 0 Å². The summed E-state index contributed by atoms with van der Waals surface area (Å²) in [4.78, 5) is 12.1. The molecule has 0 spiro atoms. The molecule has 2 aromatic rings. The van der Waals surface area contributed by atoms with E-state index >= 15 is 0 Å². The SMILES string of the molecule is CSCc1ccc(C(=O)c2ccccc2)cc1. The number of thioether (sulfide) groups is 1. The van der Waals surface area contributed by atoms with Gasteiger partial charge in [-0.1, -0.05) is 54.6 Å². The van der Waals surface area contributed by atoms with Crippen LogP contribution in [0.5, 0.6) is 0 Å². The summed E-state index contributed by atoms with van der Waals surface area (Å²) < 4.78 is 0. The highest BCUT2D eigenvalue weighted by atomic mass is 32.2. The number of carbonyl (C=O) groups is 1. The van der Waals surface area contributed by atoms with Crippen molar-refractivity contribution in [1.82, 2.24) is 0 Å². The summed E-state index contributed by atoms with van der Waals surface area (Å²) in [7, 11) is 0. The molecule has 0 atom stereocenters. The summed E-state index contributed by atoms with van der Waals surface area (Å²) >= 11 is 1.78. The number of hydrogen-bond donors (Lipinski definition) is 0. The van der Waals surface area contributed by atoms with Crippen LogP contribution in [0.15, 0.2) is 54.6 Å². The van der Waals surface area contributed by atoms with Crippen molar-refractivity contribution in [3.63, 3.8) is 0 Å². The predicted molar refractivity (Wildman–Crippen MR) is 73.5 cm³/mol. The van der Waals surface area contributed by atoms with Gasteiger partial charge in [-0.25, -0.2) is 0 Å². The van der Waals surface area contributed by atoms with Crippen LogP contribution >= 0.6 is 11.8 Å². The zero-order chi connectivity index (χ0) is 12.1. The maximum absolute atomic E-state index is 12.1. The molecule has 17 heavy (non-hydrogen) atoms. The summed E-state index contributed by atoms with van der Waals surface area (Å²) in [5.74, 6) is 1.07. The lowest BCUT2D eigenvalue weighted by molar-refractivity contribution is 0.103. The summed E-state index contributed by atoms with van der Waals surface area (Å²) in [5, 5.41) is 0. The van der Waals surface area contributed by atoms with Crippen LogP contribution in [0.4, 0.5) is 0 Å². The van der Waals surface area contributed by atoms with Crippen molar-refractivity contribution in [2.75, 3.05) is 6.26 Å². The van der Waals surface area contributed by atoms with Gasteiger partial charge in [0, 0.05) is 16.9 Å². The van der Waals surface area contributed by atoms with Crippen LogP contribution in [0.1, 0.15) is 21.5 Å². The van der Waals surface area contributed by atoms with E-state index in [4.69, 9.17) is 0 Å². The molecule has 0 radical (unpaired) electrons. The molecule has 0 heterocycles. The lowest BCUT2D eigenvalue weighted by Crippen LogP contribution is -2.00. The molecule has 2 rings (SSSR count). The Bertz CT molecular complexity index is 488. The molecule has 0 aliphatic rings. The van der Waals surface area contributed by atoms with Crippen molar-refractivity contribution in [1.29, 1.82) is 0 Å². The Balaban J connectivity index is 2.20. The van der Waals surface area contributed by atoms with Gasteiger partial charge < -0.3 is 0 Å². The molecule has 1 nitrogen and oxygen atoms in total. The molecule has 0 amide bonds.